The Kier molecular flexibility index (Phi) is 4.37. The first-order valence-electron chi connectivity index (χ1n) is 7.89. The minimum atomic E-state index is -0.732. The highest BCUT2D eigenvalue weighted by atomic mass is 16.5. The molecule has 2 N–H and O–H groups in total. The number of carbonyl (C=O) groups excluding carboxylic acids is 1. The number of nitrogens with one attached hydrogen (secondary N) is 1. The molecule has 0 unspecified atom stereocenters. The number of carboxylic acids is 1. The van der Waals surface area contributed by atoms with E-state index in [9.17, 15) is 14.4 Å². The van der Waals surface area contributed by atoms with Crippen molar-refractivity contribution in [3.63, 3.8) is 0 Å². The number of esters is 1. The second-order valence-corrected chi connectivity index (χ2v) is 6.23. The number of ether oxygens (including phenoxy) is 1. The third-order valence-electron chi connectivity index (χ3n) is 4.68. The first-order chi connectivity index (χ1) is 11.5. The van der Waals surface area contributed by atoms with E-state index >= 15 is 0 Å². The van der Waals surface area contributed by atoms with Crippen LogP contribution in [0, 0.1) is 11.8 Å². The molecule has 0 aromatic heterocycles. The lowest BCUT2D eigenvalue weighted by atomic mass is 9.82. The zero-order chi connectivity index (χ0) is 17.3. The third kappa shape index (κ3) is 3.04. The fraction of sp³-hybridized carbons (Fsp3) is 0.500. The van der Waals surface area contributed by atoms with Crippen molar-refractivity contribution < 1.29 is 19.4 Å². The Hall–Kier alpha value is -2.64. The van der Waals surface area contributed by atoms with Crippen LogP contribution in [0.5, 0.6) is 0 Å². The van der Waals surface area contributed by atoms with Gasteiger partial charge in [0, 0.05) is 18.9 Å². The molecule has 0 spiro atoms. The Morgan fingerprint density at radius 1 is 1.33 bits per heavy atom. The fourth-order valence-electron chi connectivity index (χ4n) is 3.34. The summed E-state index contributed by atoms with van der Waals surface area (Å²) >= 11 is 0. The van der Waals surface area contributed by atoms with Crippen LogP contribution in [0.1, 0.15) is 36.0 Å². The maximum absolute atomic E-state index is 11.9. The maximum Gasteiger partial charge on any atom is 0.341 e. The molecular formula is C16H19N3O5. The average Bonchev–Trinajstić information content (AvgIpc) is 2.95. The van der Waals surface area contributed by atoms with Gasteiger partial charge in [0.2, 0.25) is 0 Å². The van der Waals surface area contributed by atoms with E-state index < -0.39 is 11.9 Å². The second kappa shape index (κ2) is 6.46. The molecule has 3 aliphatic rings. The Labute approximate surface area is 137 Å². The number of pyridine rings is 1. The molecule has 0 amide bonds. The van der Waals surface area contributed by atoms with Gasteiger partial charge in [-0.15, -0.1) is 0 Å². The van der Waals surface area contributed by atoms with E-state index in [2.05, 4.69) is 10.2 Å². The number of aromatic nitrogens is 3. The number of H-pyrrole nitrogens is 1. The Bertz CT molecular complexity index is 785. The molecule has 8 nitrogen and oxygen atoms in total. The third-order valence-corrected chi connectivity index (χ3v) is 4.68. The van der Waals surface area contributed by atoms with Crippen LogP contribution in [0.25, 0.3) is 11.3 Å². The Balaban J connectivity index is 1.83. The van der Waals surface area contributed by atoms with E-state index in [4.69, 9.17) is 9.84 Å². The van der Waals surface area contributed by atoms with Crippen molar-refractivity contribution >= 4 is 11.9 Å². The van der Waals surface area contributed by atoms with Gasteiger partial charge >= 0.3 is 11.9 Å². The largest absolute Gasteiger partial charge is 0.481 e. The smallest absolute Gasteiger partial charge is 0.341 e. The quantitative estimate of drug-likeness (QED) is 0.816. The predicted molar refractivity (Wildman–Crippen MR) is 83.9 cm³/mol. The lowest BCUT2D eigenvalue weighted by molar-refractivity contribution is -0.143. The van der Waals surface area contributed by atoms with Crippen molar-refractivity contribution in [2.24, 2.45) is 11.8 Å². The normalized spacial score (nSPS) is 20.9. The van der Waals surface area contributed by atoms with Gasteiger partial charge < -0.3 is 14.4 Å². The molecule has 0 bridgehead atoms. The molecule has 0 atom stereocenters. The van der Waals surface area contributed by atoms with Crippen LogP contribution >= 0.6 is 0 Å². The molecule has 0 aromatic rings. The molecule has 0 saturated heterocycles. The Morgan fingerprint density at radius 3 is 2.67 bits per heavy atom. The molecule has 2 aliphatic heterocycles. The molecule has 1 saturated carbocycles. The monoisotopic (exact) mass is 333 g/mol. The van der Waals surface area contributed by atoms with Crippen molar-refractivity contribution in [3.8, 4) is 11.3 Å². The van der Waals surface area contributed by atoms with Crippen molar-refractivity contribution in [2.45, 2.75) is 32.2 Å². The lowest BCUT2D eigenvalue weighted by Crippen LogP contribution is -2.24. The van der Waals surface area contributed by atoms with Crippen LogP contribution in [0.3, 0.4) is 0 Å². The van der Waals surface area contributed by atoms with Gasteiger partial charge in [-0.25, -0.2) is 9.89 Å². The summed E-state index contributed by atoms with van der Waals surface area (Å²) in [6, 6.07) is 0. The summed E-state index contributed by atoms with van der Waals surface area (Å²) in [4.78, 5) is 34.8. The fourth-order valence-corrected chi connectivity index (χ4v) is 3.34. The summed E-state index contributed by atoms with van der Waals surface area (Å²) in [5.41, 5.74) is 0.543. The van der Waals surface area contributed by atoms with Gasteiger partial charge in [0.1, 0.15) is 11.3 Å². The number of carboxylic acid groups (broad SMARTS) is 1. The van der Waals surface area contributed by atoms with Crippen LogP contribution in [-0.4, -0.2) is 38.9 Å². The van der Waals surface area contributed by atoms with E-state index in [1.54, 1.807) is 17.0 Å². The molecular weight excluding hydrogens is 314 g/mol. The average molecular weight is 333 g/mol. The molecule has 128 valence electrons. The van der Waals surface area contributed by atoms with E-state index in [1.165, 1.54) is 7.11 Å². The van der Waals surface area contributed by atoms with E-state index in [0.29, 0.717) is 36.6 Å². The summed E-state index contributed by atoms with van der Waals surface area (Å²) in [6.45, 7) is 0.622. The number of aromatic amines is 1. The molecule has 1 fully saturated rings. The van der Waals surface area contributed by atoms with Crippen molar-refractivity contribution in [1.82, 2.24) is 14.8 Å². The standard InChI is InChI=1S/C16H19N3O5/c1-24-16(23)12-8-19(7-11-13(12)17-18-14(11)20)6-9-2-4-10(5-3-9)15(21)22/h7-10H,2-6H2,1H3,(H,18,20)(H,21,22). The number of hydrogen-bond donors (Lipinski definition) is 2. The van der Waals surface area contributed by atoms with Crippen LogP contribution in [-0.2, 0) is 16.1 Å². The number of methoxy groups -OCH3 is 1. The molecule has 1 aliphatic carbocycles. The van der Waals surface area contributed by atoms with Gasteiger partial charge in [0.25, 0.3) is 5.56 Å². The van der Waals surface area contributed by atoms with Crippen LogP contribution in [0.4, 0.5) is 0 Å². The highest BCUT2D eigenvalue weighted by molar-refractivity contribution is 5.95. The van der Waals surface area contributed by atoms with Crippen molar-refractivity contribution in [2.75, 3.05) is 7.11 Å². The highest BCUT2D eigenvalue weighted by Gasteiger charge is 2.27. The number of hydrogen-bond acceptors (Lipinski definition) is 5. The van der Waals surface area contributed by atoms with Crippen LogP contribution in [0.2, 0.25) is 0 Å². The van der Waals surface area contributed by atoms with Crippen LogP contribution in [0.15, 0.2) is 17.2 Å². The topological polar surface area (TPSA) is 114 Å². The van der Waals surface area contributed by atoms with Crippen molar-refractivity contribution in [3.05, 3.63) is 28.3 Å². The first kappa shape index (κ1) is 16.2. The van der Waals surface area contributed by atoms with Gasteiger partial charge in [-0.05, 0) is 31.6 Å². The predicted octanol–water partition coefficient (Wildman–Crippen LogP) is 1.35. The number of rotatable bonds is 4. The number of nitrogens with zero attached hydrogens (tertiary/aromatic N) is 2. The van der Waals surface area contributed by atoms with Gasteiger partial charge in [-0.1, -0.05) is 0 Å². The number of carbonyl (C=O) groups is 2. The number of aliphatic carboxylic acids is 1. The number of fused-ring (bicyclic) bond motifs is 1. The lowest BCUT2D eigenvalue weighted by Gasteiger charge is -2.27. The summed E-state index contributed by atoms with van der Waals surface area (Å²) in [6.07, 6.45) is 6.25. The zero-order valence-electron chi connectivity index (χ0n) is 13.3. The Morgan fingerprint density at radius 2 is 2.04 bits per heavy atom. The van der Waals surface area contributed by atoms with Gasteiger partial charge in [-0.3, -0.25) is 9.59 Å². The second-order valence-electron chi connectivity index (χ2n) is 6.23. The minimum absolute atomic E-state index is 0.243. The summed E-state index contributed by atoms with van der Waals surface area (Å²) in [7, 11) is 1.28. The molecule has 3 rings (SSSR count). The van der Waals surface area contributed by atoms with Gasteiger partial charge in [-0.2, -0.15) is 5.10 Å². The summed E-state index contributed by atoms with van der Waals surface area (Å²) in [5, 5.41) is 15.3. The maximum atomic E-state index is 11.9. The summed E-state index contributed by atoms with van der Waals surface area (Å²) < 4.78 is 6.57. The van der Waals surface area contributed by atoms with Crippen molar-refractivity contribution in [1.29, 1.82) is 0 Å². The molecule has 0 radical (unpaired) electrons. The van der Waals surface area contributed by atoms with Gasteiger partial charge in [0.15, 0.2) is 0 Å². The first-order valence-corrected chi connectivity index (χ1v) is 7.89. The highest BCUT2D eigenvalue weighted by Crippen LogP contribution is 2.30. The SMILES string of the molecule is COC(=O)c1cn(CC2CCC(C(=O)O)CC2)cc2c(=O)[nH]nc1-2. The van der Waals surface area contributed by atoms with E-state index in [1.807, 2.05) is 0 Å². The van der Waals surface area contributed by atoms with Gasteiger partial charge in [0.05, 0.1) is 18.6 Å². The van der Waals surface area contributed by atoms with Crippen LogP contribution < -0.4 is 5.56 Å². The summed E-state index contributed by atoms with van der Waals surface area (Å²) in [5.74, 6) is -1.22. The molecule has 0 aromatic carbocycles. The molecule has 2 heterocycles. The minimum Gasteiger partial charge on any atom is -0.481 e. The van der Waals surface area contributed by atoms with E-state index in [0.717, 1.165) is 12.8 Å². The van der Waals surface area contributed by atoms with E-state index in [-0.39, 0.29) is 17.0 Å². The molecule has 8 heteroatoms. The molecule has 24 heavy (non-hydrogen) atoms. The zero-order valence-corrected chi connectivity index (χ0v) is 13.3.